The predicted octanol–water partition coefficient (Wildman–Crippen LogP) is 3.24. The lowest BCUT2D eigenvalue weighted by molar-refractivity contribution is 0.101. The fourth-order valence-corrected chi connectivity index (χ4v) is 2.97. The number of Topliss-reactive ketones (excluding diaryl/α,β-unsaturated/α-hetero) is 1. The van der Waals surface area contributed by atoms with E-state index >= 15 is 0 Å². The summed E-state index contributed by atoms with van der Waals surface area (Å²) in [5.74, 6) is 0.0283. The number of hydrogen-bond donors (Lipinski definition) is 1. The molecule has 0 aromatic heterocycles. The Hall–Kier alpha value is -1.51. The van der Waals surface area contributed by atoms with Crippen molar-refractivity contribution in [2.75, 3.05) is 10.6 Å². The number of carbonyl (C=O) groups is 1. The smallest absolute Gasteiger partial charge is 0.161 e. The number of carbonyl (C=O) groups excluding carboxylic acids is 1. The van der Waals surface area contributed by atoms with Gasteiger partial charge in [-0.1, -0.05) is 6.92 Å². The fraction of sp³-hybridized carbons (Fsp3) is 0.533. The third kappa shape index (κ3) is 2.22. The summed E-state index contributed by atoms with van der Waals surface area (Å²) >= 11 is 0. The van der Waals surface area contributed by atoms with Gasteiger partial charge in [-0.25, -0.2) is 0 Å². The summed E-state index contributed by atoms with van der Waals surface area (Å²) in [7, 11) is 0. The van der Waals surface area contributed by atoms with Gasteiger partial charge in [0.15, 0.2) is 5.78 Å². The normalized spacial score (nSPS) is 23.4. The molecule has 1 aromatic carbocycles. The minimum Gasteiger partial charge on any atom is -0.398 e. The molecular formula is C15H22N2O. The fourth-order valence-electron chi connectivity index (χ4n) is 2.97. The van der Waals surface area contributed by atoms with E-state index < -0.39 is 0 Å². The molecule has 1 heterocycles. The van der Waals surface area contributed by atoms with Crippen molar-refractivity contribution in [3.05, 3.63) is 23.8 Å². The van der Waals surface area contributed by atoms with Crippen LogP contribution in [-0.2, 0) is 0 Å². The highest BCUT2D eigenvalue weighted by atomic mass is 16.1. The number of nitrogen functional groups attached to an aromatic ring is 1. The molecule has 3 nitrogen and oxygen atoms in total. The van der Waals surface area contributed by atoms with E-state index in [1.54, 1.807) is 6.92 Å². The molecule has 1 aliphatic heterocycles. The first-order chi connectivity index (χ1) is 8.54. The molecule has 2 rings (SSSR count). The molecule has 0 saturated carbocycles. The molecule has 2 atom stereocenters. The first-order valence-electron chi connectivity index (χ1n) is 6.73. The quantitative estimate of drug-likeness (QED) is 0.658. The van der Waals surface area contributed by atoms with E-state index in [9.17, 15) is 4.79 Å². The molecule has 0 spiro atoms. The van der Waals surface area contributed by atoms with Crippen LogP contribution in [0.15, 0.2) is 18.2 Å². The molecule has 0 bridgehead atoms. The standard InChI is InChI=1S/C15H22N2O/c1-4-12-6-5-10(2)17(12)13-7-8-14(11(3)18)15(16)9-13/h7-10,12H,4-6,16H2,1-3H3. The van der Waals surface area contributed by atoms with E-state index in [0.29, 0.717) is 23.3 Å². The number of nitrogens with zero attached hydrogens (tertiary/aromatic N) is 1. The van der Waals surface area contributed by atoms with Crippen LogP contribution in [0.4, 0.5) is 11.4 Å². The molecule has 1 aliphatic rings. The average molecular weight is 246 g/mol. The van der Waals surface area contributed by atoms with Crippen LogP contribution in [0.5, 0.6) is 0 Å². The van der Waals surface area contributed by atoms with Crippen molar-refractivity contribution in [1.82, 2.24) is 0 Å². The second-order valence-corrected chi connectivity index (χ2v) is 5.22. The van der Waals surface area contributed by atoms with E-state index in [1.165, 1.54) is 12.8 Å². The molecule has 2 unspecified atom stereocenters. The van der Waals surface area contributed by atoms with E-state index in [2.05, 4.69) is 18.7 Å². The summed E-state index contributed by atoms with van der Waals surface area (Å²) in [4.78, 5) is 13.8. The Morgan fingerprint density at radius 2 is 2.17 bits per heavy atom. The van der Waals surface area contributed by atoms with Gasteiger partial charge in [-0.15, -0.1) is 0 Å². The highest BCUT2D eigenvalue weighted by Crippen LogP contribution is 2.33. The van der Waals surface area contributed by atoms with E-state index in [0.717, 1.165) is 12.1 Å². The molecule has 1 fully saturated rings. The topological polar surface area (TPSA) is 46.3 Å². The maximum absolute atomic E-state index is 11.4. The van der Waals surface area contributed by atoms with Gasteiger partial charge in [0.05, 0.1) is 0 Å². The van der Waals surface area contributed by atoms with Gasteiger partial charge in [0.1, 0.15) is 0 Å². The number of hydrogen-bond acceptors (Lipinski definition) is 3. The maximum Gasteiger partial charge on any atom is 0.161 e. The van der Waals surface area contributed by atoms with Gasteiger partial charge in [-0.05, 0) is 51.3 Å². The van der Waals surface area contributed by atoms with Gasteiger partial charge >= 0.3 is 0 Å². The van der Waals surface area contributed by atoms with Crippen LogP contribution >= 0.6 is 0 Å². The van der Waals surface area contributed by atoms with E-state index in [-0.39, 0.29) is 5.78 Å². The SMILES string of the molecule is CCC1CCC(C)N1c1ccc(C(C)=O)c(N)c1. The molecule has 3 heteroatoms. The molecule has 98 valence electrons. The van der Waals surface area contributed by atoms with Crippen molar-refractivity contribution in [2.24, 2.45) is 0 Å². The van der Waals surface area contributed by atoms with Crippen molar-refractivity contribution in [1.29, 1.82) is 0 Å². The summed E-state index contributed by atoms with van der Waals surface area (Å²) in [6.07, 6.45) is 3.62. The van der Waals surface area contributed by atoms with Gasteiger partial charge < -0.3 is 10.6 Å². The Kier molecular flexibility index (Phi) is 3.60. The molecule has 2 N–H and O–H groups in total. The summed E-state index contributed by atoms with van der Waals surface area (Å²) in [6, 6.07) is 6.98. The van der Waals surface area contributed by atoms with Crippen LogP contribution in [0.25, 0.3) is 0 Å². The average Bonchev–Trinajstić information content (AvgIpc) is 2.69. The van der Waals surface area contributed by atoms with E-state index in [4.69, 9.17) is 5.73 Å². The first kappa shape index (κ1) is 12.9. The number of rotatable bonds is 3. The second-order valence-electron chi connectivity index (χ2n) is 5.22. The van der Waals surface area contributed by atoms with Gasteiger partial charge in [0.2, 0.25) is 0 Å². The van der Waals surface area contributed by atoms with Crippen molar-refractivity contribution >= 4 is 17.2 Å². The lowest BCUT2D eigenvalue weighted by Gasteiger charge is -2.30. The number of ketones is 1. The Bertz CT molecular complexity index is 456. The Morgan fingerprint density at radius 1 is 1.44 bits per heavy atom. The summed E-state index contributed by atoms with van der Waals surface area (Å²) < 4.78 is 0. The highest BCUT2D eigenvalue weighted by molar-refractivity contribution is 5.99. The first-order valence-corrected chi connectivity index (χ1v) is 6.73. The largest absolute Gasteiger partial charge is 0.398 e. The number of benzene rings is 1. The number of anilines is 2. The molecule has 0 amide bonds. The predicted molar refractivity (Wildman–Crippen MR) is 76.1 cm³/mol. The van der Waals surface area contributed by atoms with Gasteiger partial charge in [-0.2, -0.15) is 0 Å². The van der Waals surface area contributed by atoms with Crippen LogP contribution in [-0.4, -0.2) is 17.9 Å². The lowest BCUT2D eigenvalue weighted by atomic mass is 10.1. The van der Waals surface area contributed by atoms with Gasteiger partial charge in [0, 0.05) is 29.0 Å². The zero-order valence-electron chi connectivity index (χ0n) is 11.4. The van der Waals surface area contributed by atoms with Crippen molar-refractivity contribution in [2.45, 2.75) is 52.1 Å². The third-order valence-electron chi connectivity index (χ3n) is 3.97. The zero-order chi connectivity index (χ0) is 13.3. The monoisotopic (exact) mass is 246 g/mol. The Balaban J connectivity index is 2.33. The molecule has 0 radical (unpaired) electrons. The third-order valence-corrected chi connectivity index (χ3v) is 3.97. The van der Waals surface area contributed by atoms with Crippen molar-refractivity contribution in [3.63, 3.8) is 0 Å². The molecule has 18 heavy (non-hydrogen) atoms. The van der Waals surface area contributed by atoms with Gasteiger partial charge in [-0.3, -0.25) is 4.79 Å². The summed E-state index contributed by atoms with van der Waals surface area (Å²) in [5.41, 5.74) is 8.34. The molecular weight excluding hydrogens is 224 g/mol. The second kappa shape index (κ2) is 5.01. The summed E-state index contributed by atoms with van der Waals surface area (Å²) in [6.45, 7) is 6.03. The lowest BCUT2D eigenvalue weighted by Crippen LogP contribution is -2.34. The van der Waals surface area contributed by atoms with Crippen LogP contribution in [0, 0.1) is 0 Å². The molecule has 1 aromatic rings. The minimum absolute atomic E-state index is 0.0283. The zero-order valence-corrected chi connectivity index (χ0v) is 11.4. The molecule has 1 saturated heterocycles. The van der Waals surface area contributed by atoms with Crippen LogP contribution in [0.2, 0.25) is 0 Å². The van der Waals surface area contributed by atoms with Crippen molar-refractivity contribution < 1.29 is 4.79 Å². The summed E-state index contributed by atoms with van der Waals surface area (Å²) in [5, 5.41) is 0. The van der Waals surface area contributed by atoms with Crippen LogP contribution in [0.1, 0.15) is 50.4 Å². The Labute approximate surface area is 109 Å². The van der Waals surface area contributed by atoms with Crippen LogP contribution < -0.4 is 10.6 Å². The maximum atomic E-state index is 11.4. The minimum atomic E-state index is 0.0283. The van der Waals surface area contributed by atoms with Gasteiger partial charge in [0.25, 0.3) is 0 Å². The Morgan fingerprint density at radius 3 is 2.72 bits per heavy atom. The molecule has 0 aliphatic carbocycles. The van der Waals surface area contributed by atoms with E-state index in [1.807, 2.05) is 18.2 Å². The van der Waals surface area contributed by atoms with Crippen molar-refractivity contribution in [3.8, 4) is 0 Å². The highest BCUT2D eigenvalue weighted by Gasteiger charge is 2.29. The van der Waals surface area contributed by atoms with Crippen LogP contribution in [0.3, 0.4) is 0 Å². The number of nitrogens with two attached hydrogens (primary N) is 1.